The van der Waals surface area contributed by atoms with E-state index in [1.54, 1.807) is 6.92 Å². The minimum Gasteiger partial charge on any atom is -0.481 e. The number of nitrogens with zero attached hydrogens (tertiary/aromatic N) is 2. The van der Waals surface area contributed by atoms with Crippen LogP contribution in [0.1, 0.15) is 37.8 Å². The van der Waals surface area contributed by atoms with Crippen LogP contribution in [0.3, 0.4) is 0 Å². The van der Waals surface area contributed by atoms with Crippen LogP contribution in [0.5, 0.6) is 5.75 Å². The standard InChI is InChI=1S/C24H33N3O2/c1-17(2)20-7-6-18(3)23(16-20)29-19(4)24(28)25-21-8-10-22(11-9-21)27-14-12-26(5)13-15-27/h6-11,16-17,19H,12-15H2,1-5H3,(H,25,28). The van der Waals surface area contributed by atoms with Gasteiger partial charge >= 0.3 is 0 Å². The first-order chi connectivity index (χ1) is 13.8. The van der Waals surface area contributed by atoms with Gasteiger partial charge in [0.2, 0.25) is 0 Å². The van der Waals surface area contributed by atoms with E-state index in [1.165, 1.54) is 11.3 Å². The van der Waals surface area contributed by atoms with E-state index in [9.17, 15) is 4.79 Å². The summed E-state index contributed by atoms with van der Waals surface area (Å²) in [5.74, 6) is 1.04. The Hall–Kier alpha value is -2.53. The van der Waals surface area contributed by atoms with Gasteiger partial charge in [-0.3, -0.25) is 4.79 Å². The summed E-state index contributed by atoms with van der Waals surface area (Å²) in [7, 11) is 2.15. The van der Waals surface area contributed by atoms with E-state index in [-0.39, 0.29) is 5.91 Å². The van der Waals surface area contributed by atoms with E-state index < -0.39 is 6.10 Å². The zero-order valence-electron chi connectivity index (χ0n) is 18.2. The van der Waals surface area contributed by atoms with Crippen molar-refractivity contribution in [3.05, 3.63) is 53.6 Å². The fourth-order valence-electron chi connectivity index (χ4n) is 3.41. The summed E-state index contributed by atoms with van der Waals surface area (Å²) in [6.07, 6.45) is -0.576. The lowest BCUT2D eigenvalue weighted by atomic mass is 10.0. The second kappa shape index (κ2) is 9.31. The molecular formula is C24H33N3O2. The van der Waals surface area contributed by atoms with Crippen LogP contribution in [0.4, 0.5) is 11.4 Å². The first kappa shape index (κ1) is 21.2. The van der Waals surface area contributed by atoms with Crippen LogP contribution in [0, 0.1) is 6.92 Å². The summed E-state index contributed by atoms with van der Waals surface area (Å²) in [4.78, 5) is 17.3. The third-order valence-electron chi connectivity index (χ3n) is 5.56. The normalized spacial score (nSPS) is 16.0. The topological polar surface area (TPSA) is 44.8 Å². The predicted molar refractivity (Wildman–Crippen MR) is 120 cm³/mol. The van der Waals surface area contributed by atoms with Gasteiger partial charge in [-0.2, -0.15) is 0 Å². The summed E-state index contributed by atoms with van der Waals surface area (Å²) in [5.41, 5.74) is 4.22. The van der Waals surface area contributed by atoms with Crippen molar-refractivity contribution in [3.8, 4) is 5.75 Å². The Labute approximate surface area is 174 Å². The number of rotatable bonds is 6. The first-order valence-electron chi connectivity index (χ1n) is 10.4. The molecule has 156 valence electrons. The lowest BCUT2D eigenvalue weighted by molar-refractivity contribution is -0.122. The molecule has 5 heteroatoms. The van der Waals surface area contributed by atoms with Gasteiger partial charge in [0.25, 0.3) is 5.91 Å². The highest BCUT2D eigenvalue weighted by Gasteiger charge is 2.18. The molecule has 3 rings (SSSR count). The van der Waals surface area contributed by atoms with Crippen molar-refractivity contribution >= 4 is 17.3 Å². The maximum Gasteiger partial charge on any atom is 0.265 e. The largest absolute Gasteiger partial charge is 0.481 e. The van der Waals surface area contributed by atoms with Crippen LogP contribution < -0.4 is 15.0 Å². The van der Waals surface area contributed by atoms with Gasteiger partial charge in [-0.15, -0.1) is 0 Å². The molecule has 2 aromatic rings. The molecular weight excluding hydrogens is 362 g/mol. The highest BCUT2D eigenvalue weighted by molar-refractivity contribution is 5.94. The molecule has 29 heavy (non-hydrogen) atoms. The van der Waals surface area contributed by atoms with Gasteiger partial charge in [-0.05, 0) is 68.3 Å². The third kappa shape index (κ3) is 5.51. The first-order valence-corrected chi connectivity index (χ1v) is 10.4. The number of likely N-dealkylation sites (N-methyl/N-ethyl adjacent to an activating group) is 1. The maximum atomic E-state index is 12.6. The van der Waals surface area contributed by atoms with Crippen molar-refractivity contribution in [2.24, 2.45) is 0 Å². The molecule has 0 radical (unpaired) electrons. The average Bonchev–Trinajstić information content (AvgIpc) is 2.70. The van der Waals surface area contributed by atoms with Crippen molar-refractivity contribution in [2.75, 3.05) is 43.4 Å². The summed E-state index contributed by atoms with van der Waals surface area (Å²) >= 11 is 0. The number of aryl methyl sites for hydroxylation is 1. The Morgan fingerprint density at radius 3 is 2.28 bits per heavy atom. The van der Waals surface area contributed by atoms with E-state index >= 15 is 0 Å². The molecule has 0 saturated carbocycles. The van der Waals surface area contributed by atoms with Crippen molar-refractivity contribution in [3.63, 3.8) is 0 Å². The Bertz CT molecular complexity index is 825. The number of ether oxygens (including phenoxy) is 1. The SMILES string of the molecule is Cc1ccc(C(C)C)cc1OC(C)C(=O)Nc1ccc(N2CCN(C)CC2)cc1. The average molecular weight is 396 g/mol. The summed E-state index contributed by atoms with van der Waals surface area (Å²) < 4.78 is 5.97. The Balaban J connectivity index is 1.59. The molecule has 1 N–H and O–H groups in total. The van der Waals surface area contributed by atoms with Crippen LogP contribution in [0.2, 0.25) is 0 Å². The van der Waals surface area contributed by atoms with Gasteiger partial charge in [0.15, 0.2) is 6.10 Å². The van der Waals surface area contributed by atoms with E-state index in [4.69, 9.17) is 4.74 Å². The molecule has 0 aromatic heterocycles. The molecule has 1 atom stereocenters. The van der Waals surface area contributed by atoms with E-state index in [1.807, 2.05) is 31.2 Å². The number of benzene rings is 2. The quantitative estimate of drug-likeness (QED) is 0.793. The van der Waals surface area contributed by atoms with Gasteiger partial charge in [-0.25, -0.2) is 0 Å². The number of amides is 1. The lowest BCUT2D eigenvalue weighted by Crippen LogP contribution is -2.44. The van der Waals surface area contributed by atoms with Crippen LogP contribution >= 0.6 is 0 Å². The summed E-state index contributed by atoms with van der Waals surface area (Å²) in [5, 5.41) is 2.97. The number of nitrogens with one attached hydrogen (secondary N) is 1. The number of piperazine rings is 1. The minimum atomic E-state index is -0.576. The molecule has 0 aliphatic carbocycles. The number of anilines is 2. The highest BCUT2D eigenvalue weighted by atomic mass is 16.5. The van der Waals surface area contributed by atoms with Crippen molar-refractivity contribution in [2.45, 2.75) is 39.7 Å². The molecule has 5 nitrogen and oxygen atoms in total. The molecule has 1 aliphatic rings. The van der Waals surface area contributed by atoms with E-state index in [2.05, 4.69) is 54.2 Å². The molecule has 2 aromatic carbocycles. The van der Waals surface area contributed by atoms with Crippen molar-refractivity contribution in [1.29, 1.82) is 0 Å². The highest BCUT2D eigenvalue weighted by Crippen LogP contribution is 2.25. The predicted octanol–water partition coefficient (Wildman–Crippen LogP) is 4.28. The zero-order chi connectivity index (χ0) is 21.0. The van der Waals surface area contributed by atoms with Crippen LogP contribution in [0.25, 0.3) is 0 Å². The lowest BCUT2D eigenvalue weighted by Gasteiger charge is -2.34. The van der Waals surface area contributed by atoms with E-state index in [0.717, 1.165) is 43.2 Å². The molecule has 1 heterocycles. The molecule has 0 spiro atoms. The van der Waals surface area contributed by atoms with Crippen LogP contribution in [-0.2, 0) is 4.79 Å². The molecule has 1 amide bonds. The van der Waals surface area contributed by atoms with Crippen molar-refractivity contribution < 1.29 is 9.53 Å². The monoisotopic (exact) mass is 395 g/mol. The maximum absolute atomic E-state index is 12.6. The van der Waals surface area contributed by atoms with Crippen molar-refractivity contribution in [1.82, 2.24) is 4.90 Å². The Kier molecular flexibility index (Phi) is 6.80. The second-order valence-electron chi connectivity index (χ2n) is 8.27. The number of hydrogen-bond donors (Lipinski definition) is 1. The van der Waals surface area contributed by atoms with Gasteiger partial charge in [-0.1, -0.05) is 26.0 Å². The van der Waals surface area contributed by atoms with Gasteiger partial charge in [0.1, 0.15) is 5.75 Å². The molecule has 1 saturated heterocycles. The van der Waals surface area contributed by atoms with Gasteiger partial charge in [0.05, 0.1) is 0 Å². The smallest absolute Gasteiger partial charge is 0.265 e. The molecule has 0 bridgehead atoms. The fourth-order valence-corrected chi connectivity index (χ4v) is 3.41. The zero-order valence-corrected chi connectivity index (χ0v) is 18.2. The third-order valence-corrected chi connectivity index (χ3v) is 5.56. The summed E-state index contributed by atoms with van der Waals surface area (Å²) in [6.45, 7) is 12.3. The number of carbonyl (C=O) groups is 1. The fraction of sp³-hybridized carbons (Fsp3) is 0.458. The van der Waals surface area contributed by atoms with E-state index in [0.29, 0.717) is 5.92 Å². The minimum absolute atomic E-state index is 0.147. The molecule has 1 fully saturated rings. The van der Waals surface area contributed by atoms with Gasteiger partial charge in [0, 0.05) is 37.6 Å². The number of hydrogen-bond acceptors (Lipinski definition) is 4. The Morgan fingerprint density at radius 2 is 1.66 bits per heavy atom. The van der Waals surface area contributed by atoms with Gasteiger partial charge < -0.3 is 19.9 Å². The van der Waals surface area contributed by atoms with Crippen LogP contribution in [0.15, 0.2) is 42.5 Å². The number of carbonyl (C=O) groups excluding carboxylic acids is 1. The molecule has 1 aliphatic heterocycles. The van der Waals surface area contributed by atoms with Crippen LogP contribution in [-0.4, -0.2) is 50.1 Å². The summed E-state index contributed by atoms with van der Waals surface area (Å²) in [6, 6.07) is 14.3. The molecule has 1 unspecified atom stereocenters. The second-order valence-corrected chi connectivity index (χ2v) is 8.27. The Morgan fingerprint density at radius 1 is 1.00 bits per heavy atom.